The second-order valence-electron chi connectivity index (χ2n) is 7.24. The average molecular weight is 422 g/mol. The molecule has 11 heteroatoms. The van der Waals surface area contributed by atoms with E-state index in [1.54, 1.807) is 12.4 Å². The van der Waals surface area contributed by atoms with Gasteiger partial charge in [0.25, 0.3) is 0 Å². The van der Waals surface area contributed by atoms with Gasteiger partial charge >= 0.3 is 6.18 Å². The van der Waals surface area contributed by atoms with Crippen LogP contribution in [0.5, 0.6) is 0 Å². The van der Waals surface area contributed by atoms with Crippen LogP contribution in [0.2, 0.25) is 0 Å². The molecule has 1 unspecified atom stereocenters. The monoisotopic (exact) mass is 422 g/mol. The van der Waals surface area contributed by atoms with Crippen molar-refractivity contribution in [1.82, 2.24) is 30.2 Å². The number of halogens is 4. The number of aromatic nitrogens is 5. The van der Waals surface area contributed by atoms with Gasteiger partial charge in [-0.15, -0.1) is 0 Å². The molecule has 3 aromatic heterocycles. The molecule has 1 aliphatic rings. The Bertz CT molecular complexity index is 1070. The minimum absolute atomic E-state index is 0.0399. The first kappa shape index (κ1) is 20.2. The summed E-state index contributed by atoms with van der Waals surface area (Å²) in [6, 6.07) is 0. The molecule has 4 rings (SSSR count). The zero-order valence-corrected chi connectivity index (χ0v) is 15.7. The van der Waals surface area contributed by atoms with Crippen LogP contribution < -0.4 is 5.32 Å². The van der Waals surface area contributed by atoms with Crippen molar-refractivity contribution in [3.8, 4) is 11.4 Å². The van der Waals surface area contributed by atoms with E-state index in [1.807, 2.05) is 5.32 Å². The van der Waals surface area contributed by atoms with Crippen LogP contribution in [-0.4, -0.2) is 43.5 Å². The van der Waals surface area contributed by atoms with E-state index in [9.17, 15) is 22.4 Å². The van der Waals surface area contributed by atoms with E-state index < -0.39 is 36.3 Å². The Hall–Kier alpha value is -3.11. The highest BCUT2D eigenvalue weighted by atomic mass is 19.4. The third-order valence-corrected chi connectivity index (χ3v) is 5.28. The number of nitrogens with one attached hydrogen (secondary N) is 2. The van der Waals surface area contributed by atoms with Gasteiger partial charge in [-0.3, -0.25) is 4.79 Å². The number of alkyl halides is 3. The van der Waals surface area contributed by atoms with Gasteiger partial charge in [-0.2, -0.15) is 13.2 Å². The van der Waals surface area contributed by atoms with Crippen LogP contribution in [0.1, 0.15) is 37.3 Å². The minimum atomic E-state index is -4.51. The number of carbonyl (C=O) groups excluding carboxylic acids is 1. The minimum Gasteiger partial charge on any atom is -0.347 e. The largest absolute Gasteiger partial charge is 0.405 e. The van der Waals surface area contributed by atoms with Crippen molar-refractivity contribution in [2.24, 2.45) is 5.92 Å². The summed E-state index contributed by atoms with van der Waals surface area (Å²) in [4.78, 5) is 31.9. The van der Waals surface area contributed by atoms with Crippen molar-refractivity contribution >= 4 is 16.9 Å². The highest BCUT2D eigenvalue weighted by Gasteiger charge is 2.37. The average Bonchev–Trinajstić information content (AvgIpc) is 3.16. The van der Waals surface area contributed by atoms with E-state index in [-0.39, 0.29) is 11.5 Å². The lowest BCUT2D eigenvalue weighted by atomic mass is 9.76. The third kappa shape index (κ3) is 4.10. The van der Waals surface area contributed by atoms with Gasteiger partial charge in [0.05, 0.1) is 11.9 Å². The first-order valence-electron chi connectivity index (χ1n) is 9.48. The summed E-state index contributed by atoms with van der Waals surface area (Å²) in [5.74, 6) is -2.61. The Morgan fingerprint density at radius 2 is 2.00 bits per heavy atom. The molecule has 0 aliphatic heterocycles. The fourth-order valence-corrected chi connectivity index (χ4v) is 3.91. The van der Waals surface area contributed by atoms with Crippen molar-refractivity contribution in [2.75, 3.05) is 6.54 Å². The van der Waals surface area contributed by atoms with E-state index in [1.165, 1.54) is 6.33 Å². The highest BCUT2D eigenvalue weighted by Crippen LogP contribution is 2.39. The molecule has 7 nitrogen and oxygen atoms in total. The van der Waals surface area contributed by atoms with Crippen molar-refractivity contribution in [1.29, 1.82) is 0 Å². The number of H-pyrrole nitrogens is 1. The van der Waals surface area contributed by atoms with Crippen LogP contribution in [0.3, 0.4) is 0 Å². The summed E-state index contributed by atoms with van der Waals surface area (Å²) < 4.78 is 52.1. The van der Waals surface area contributed by atoms with Crippen LogP contribution in [0.15, 0.2) is 24.9 Å². The molecule has 0 saturated heterocycles. The van der Waals surface area contributed by atoms with Crippen molar-refractivity contribution < 1.29 is 22.4 Å². The summed E-state index contributed by atoms with van der Waals surface area (Å²) in [7, 11) is 0. The molecule has 3 aromatic rings. The summed E-state index contributed by atoms with van der Waals surface area (Å²) >= 11 is 0. The van der Waals surface area contributed by atoms with E-state index in [0.717, 1.165) is 12.6 Å². The molecule has 2 atom stereocenters. The Labute approximate surface area is 168 Å². The number of fused-ring (bicyclic) bond motifs is 1. The lowest BCUT2D eigenvalue weighted by Gasteiger charge is -2.30. The van der Waals surface area contributed by atoms with E-state index >= 15 is 0 Å². The zero-order chi connectivity index (χ0) is 21.3. The van der Waals surface area contributed by atoms with Crippen molar-refractivity contribution in [3.63, 3.8) is 0 Å². The number of amides is 1. The second kappa shape index (κ2) is 7.96. The molecule has 158 valence electrons. The Kier molecular flexibility index (Phi) is 5.35. The molecule has 1 fully saturated rings. The van der Waals surface area contributed by atoms with Crippen LogP contribution in [0, 0.1) is 11.7 Å². The number of carbonyl (C=O) groups is 1. The Morgan fingerprint density at radius 3 is 2.80 bits per heavy atom. The topological polar surface area (TPSA) is 96.5 Å². The SMILES string of the molecule is O=C(NCC(F)(F)F)[C@@H]1CCCCC1c1nc(-c2c[nH]c3ncncc23)ncc1F. The normalized spacial score (nSPS) is 19.7. The molecule has 0 bridgehead atoms. The first-order chi connectivity index (χ1) is 14.3. The number of nitrogens with zero attached hydrogens (tertiary/aromatic N) is 4. The number of hydrogen-bond donors (Lipinski definition) is 2. The van der Waals surface area contributed by atoms with Gasteiger partial charge in [-0.25, -0.2) is 24.3 Å². The molecule has 0 spiro atoms. The number of rotatable bonds is 4. The molecule has 1 saturated carbocycles. The molecular weight excluding hydrogens is 404 g/mol. The van der Waals surface area contributed by atoms with E-state index in [4.69, 9.17) is 0 Å². The summed E-state index contributed by atoms with van der Waals surface area (Å²) in [5.41, 5.74) is 1.18. The van der Waals surface area contributed by atoms with Gasteiger partial charge in [0.15, 0.2) is 11.6 Å². The van der Waals surface area contributed by atoms with Gasteiger partial charge in [-0.1, -0.05) is 12.8 Å². The standard InChI is InChI=1S/C19H18F4N6O/c20-14-7-26-17(13-6-25-16-12(13)5-24-9-28-16)29-15(14)10-3-1-2-4-11(10)18(30)27-8-19(21,22)23/h5-7,9-11H,1-4,8H2,(H,27,30)(H,24,25,28)/t10?,11-/m1/s1. The smallest absolute Gasteiger partial charge is 0.347 e. The van der Waals surface area contributed by atoms with Gasteiger partial charge in [0.1, 0.15) is 18.5 Å². The maximum Gasteiger partial charge on any atom is 0.405 e. The van der Waals surface area contributed by atoms with Crippen LogP contribution >= 0.6 is 0 Å². The quantitative estimate of drug-likeness (QED) is 0.628. The van der Waals surface area contributed by atoms with Crippen molar-refractivity contribution in [2.45, 2.75) is 37.8 Å². The fraction of sp³-hybridized carbons (Fsp3) is 0.421. The maximum absolute atomic E-state index is 14.7. The first-order valence-corrected chi connectivity index (χ1v) is 9.48. The summed E-state index contributed by atoms with van der Waals surface area (Å²) in [6.45, 7) is -1.41. The molecule has 3 heterocycles. The zero-order valence-electron chi connectivity index (χ0n) is 15.7. The predicted octanol–water partition coefficient (Wildman–Crippen LogP) is 3.51. The van der Waals surface area contributed by atoms with E-state index in [0.29, 0.717) is 35.9 Å². The van der Waals surface area contributed by atoms with Gasteiger partial charge in [0, 0.05) is 35.2 Å². The molecular formula is C19H18F4N6O. The lowest BCUT2D eigenvalue weighted by molar-refractivity contribution is -0.141. The van der Waals surface area contributed by atoms with Crippen LogP contribution in [0.4, 0.5) is 17.6 Å². The Morgan fingerprint density at radius 1 is 1.20 bits per heavy atom. The molecule has 2 N–H and O–H groups in total. The summed E-state index contributed by atoms with van der Waals surface area (Å²) in [5, 5.41) is 2.58. The highest BCUT2D eigenvalue weighted by molar-refractivity contribution is 5.90. The van der Waals surface area contributed by atoms with Gasteiger partial charge in [0.2, 0.25) is 5.91 Å². The number of aromatic amines is 1. The van der Waals surface area contributed by atoms with E-state index in [2.05, 4.69) is 24.9 Å². The third-order valence-electron chi connectivity index (χ3n) is 5.28. The van der Waals surface area contributed by atoms with Gasteiger partial charge < -0.3 is 10.3 Å². The van der Waals surface area contributed by atoms with Crippen LogP contribution in [-0.2, 0) is 4.79 Å². The van der Waals surface area contributed by atoms with Crippen molar-refractivity contribution in [3.05, 3.63) is 36.4 Å². The predicted molar refractivity (Wildman–Crippen MR) is 98.6 cm³/mol. The molecule has 1 aliphatic carbocycles. The Balaban J connectivity index is 1.66. The van der Waals surface area contributed by atoms with Gasteiger partial charge in [-0.05, 0) is 12.8 Å². The number of hydrogen-bond acceptors (Lipinski definition) is 5. The lowest BCUT2D eigenvalue weighted by Crippen LogP contribution is -2.40. The molecule has 0 aromatic carbocycles. The molecule has 0 radical (unpaired) electrons. The maximum atomic E-state index is 14.7. The second-order valence-corrected chi connectivity index (χ2v) is 7.24. The summed E-state index contributed by atoms with van der Waals surface area (Å²) in [6.07, 6.45) is 3.34. The fourth-order valence-electron chi connectivity index (χ4n) is 3.91. The molecule has 30 heavy (non-hydrogen) atoms. The van der Waals surface area contributed by atoms with Crippen LogP contribution in [0.25, 0.3) is 22.4 Å². The molecule has 1 amide bonds.